The molecule has 0 spiro atoms. The van der Waals surface area contributed by atoms with Crippen molar-refractivity contribution in [3.8, 4) is 0 Å². The molecule has 0 bridgehead atoms. The highest BCUT2D eigenvalue weighted by Crippen LogP contribution is 2.29. The first kappa shape index (κ1) is 21.1. The molecule has 0 amide bonds. The fraction of sp³-hybridized carbons (Fsp3) is 0.762. The van der Waals surface area contributed by atoms with Crippen LogP contribution < -0.4 is 20.9 Å². The van der Waals surface area contributed by atoms with E-state index in [1.54, 1.807) is 0 Å². The Labute approximate surface area is 175 Å². The minimum absolute atomic E-state index is 0.00320. The summed E-state index contributed by atoms with van der Waals surface area (Å²) >= 11 is 5.45. The number of rotatable bonds is 4. The van der Waals surface area contributed by atoms with E-state index in [9.17, 15) is 0 Å². The summed E-state index contributed by atoms with van der Waals surface area (Å²) in [4.78, 5) is 11.8. The van der Waals surface area contributed by atoms with Crippen molar-refractivity contribution in [1.29, 1.82) is 0 Å². The fourth-order valence-corrected chi connectivity index (χ4v) is 4.61. The number of nitrogens with zero attached hydrogens (tertiary/aromatic N) is 3. The number of aromatic nitrogens is 2. The Morgan fingerprint density at radius 1 is 1.00 bits per heavy atom. The van der Waals surface area contributed by atoms with E-state index in [0.29, 0.717) is 12.1 Å². The monoisotopic (exact) mass is 404 g/mol. The molecule has 1 fully saturated rings. The number of fused-ring (bicyclic) bond motifs is 1. The van der Waals surface area contributed by atoms with Crippen molar-refractivity contribution in [3.63, 3.8) is 0 Å². The van der Waals surface area contributed by atoms with Crippen molar-refractivity contribution >= 4 is 29.1 Å². The van der Waals surface area contributed by atoms with E-state index in [-0.39, 0.29) is 5.54 Å². The van der Waals surface area contributed by atoms with Gasteiger partial charge in [0, 0.05) is 37.3 Å². The summed E-state index contributed by atoms with van der Waals surface area (Å²) in [6.45, 7) is 6.38. The Bertz CT molecular complexity index is 689. The number of anilines is 2. The van der Waals surface area contributed by atoms with Crippen LogP contribution in [0.25, 0.3) is 0 Å². The van der Waals surface area contributed by atoms with E-state index in [4.69, 9.17) is 22.2 Å². The molecule has 1 aromatic rings. The van der Waals surface area contributed by atoms with Gasteiger partial charge in [-0.25, -0.2) is 4.98 Å². The van der Waals surface area contributed by atoms with Crippen LogP contribution in [0.2, 0.25) is 0 Å². The Balaban J connectivity index is 1.56. The van der Waals surface area contributed by atoms with Crippen molar-refractivity contribution in [2.75, 3.05) is 24.3 Å². The van der Waals surface area contributed by atoms with E-state index in [1.165, 1.54) is 24.1 Å². The average molecular weight is 405 g/mol. The molecule has 0 aliphatic heterocycles. The summed E-state index contributed by atoms with van der Waals surface area (Å²) in [5.74, 6) is 1.88. The van der Waals surface area contributed by atoms with Crippen LogP contribution in [0.3, 0.4) is 0 Å². The maximum Gasteiger partial charge on any atom is 0.225 e. The first-order valence-electron chi connectivity index (χ1n) is 10.6. The summed E-state index contributed by atoms with van der Waals surface area (Å²) in [6.07, 6.45) is 9.07. The molecule has 3 rings (SSSR count). The first-order valence-corrected chi connectivity index (χ1v) is 11.0. The lowest BCUT2D eigenvalue weighted by atomic mass is 9.91. The van der Waals surface area contributed by atoms with Crippen LogP contribution in [0.4, 0.5) is 11.8 Å². The van der Waals surface area contributed by atoms with E-state index < -0.39 is 0 Å². The quantitative estimate of drug-likeness (QED) is 0.665. The Morgan fingerprint density at radius 2 is 1.64 bits per heavy atom. The number of hydrogen-bond donors (Lipinski definition) is 3. The zero-order chi connectivity index (χ0) is 20.3. The Hall–Kier alpha value is -1.63. The second-order valence-corrected chi connectivity index (χ2v) is 9.85. The summed E-state index contributed by atoms with van der Waals surface area (Å²) < 4.78 is 0. The van der Waals surface area contributed by atoms with Gasteiger partial charge in [-0.3, -0.25) is 0 Å². The van der Waals surface area contributed by atoms with Crippen LogP contribution in [0.5, 0.6) is 0 Å². The van der Waals surface area contributed by atoms with E-state index >= 15 is 0 Å². The third-order valence-corrected chi connectivity index (χ3v) is 5.69. The first-order chi connectivity index (χ1) is 13.2. The van der Waals surface area contributed by atoms with Crippen molar-refractivity contribution in [3.05, 3.63) is 11.3 Å². The van der Waals surface area contributed by atoms with Crippen LogP contribution in [0.1, 0.15) is 70.6 Å². The lowest BCUT2D eigenvalue weighted by Crippen LogP contribution is -2.50. The van der Waals surface area contributed by atoms with Gasteiger partial charge in [0.25, 0.3) is 0 Å². The smallest absolute Gasteiger partial charge is 0.225 e. The maximum atomic E-state index is 5.45. The molecule has 0 aromatic carbocycles. The zero-order valence-corrected chi connectivity index (χ0v) is 18.9. The van der Waals surface area contributed by atoms with Crippen molar-refractivity contribution in [2.24, 2.45) is 0 Å². The molecule has 7 heteroatoms. The van der Waals surface area contributed by atoms with Gasteiger partial charge in [-0.05, 0) is 84.4 Å². The molecule has 6 nitrogen and oxygen atoms in total. The highest BCUT2D eigenvalue weighted by atomic mass is 32.1. The van der Waals surface area contributed by atoms with Crippen LogP contribution >= 0.6 is 12.2 Å². The molecule has 0 saturated heterocycles. The standard InChI is InChI=1S/C21H36N6S/c1-21(2,3)26-20(28)23-15-12-10-14(11-13-15)22-19-24-17-9-7-6-8-16(17)18(25-19)27(4)5/h14-15H,6-13H2,1-5H3,(H,22,24,25)(H2,23,26,28). The van der Waals surface area contributed by atoms with Gasteiger partial charge in [0.1, 0.15) is 5.82 Å². The van der Waals surface area contributed by atoms with Gasteiger partial charge in [0.2, 0.25) is 5.95 Å². The molecule has 0 unspecified atom stereocenters. The van der Waals surface area contributed by atoms with Gasteiger partial charge in [-0.2, -0.15) is 4.98 Å². The van der Waals surface area contributed by atoms with E-state index in [1.807, 2.05) is 0 Å². The predicted molar refractivity (Wildman–Crippen MR) is 121 cm³/mol. The van der Waals surface area contributed by atoms with Crippen LogP contribution in [-0.4, -0.2) is 46.8 Å². The summed E-state index contributed by atoms with van der Waals surface area (Å²) in [5, 5.41) is 11.2. The van der Waals surface area contributed by atoms with Gasteiger partial charge in [0.15, 0.2) is 5.11 Å². The predicted octanol–water partition coefficient (Wildman–Crippen LogP) is 3.41. The van der Waals surface area contributed by atoms with E-state index in [2.05, 4.69) is 55.7 Å². The molecule has 2 aliphatic carbocycles. The van der Waals surface area contributed by atoms with Gasteiger partial charge < -0.3 is 20.9 Å². The average Bonchev–Trinajstić information content (AvgIpc) is 2.61. The van der Waals surface area contributed by atoms with Crippen LogP contribution in [0.15, 0.2) is 0 Å². The third-order valence-electron chi connectivity index (χ3n) is 5.47. The maximum absolute atomic E-state index is 5.45. The van der Waals surface area contributed by atoms with Crippen LogP contribution in [0, 0.1) is 0 Å². The number of nitrogens with one attached hydrogen (secondary N) is 3. The molecular weight excluding hydrogens is 368 g/mol. The zero-order valence-electron chi connectivity index (χ0n) is 18.1. The molecule has 3 N–H and O–H groups in total. The van der Waals surface area contributed by atoms with Crippen molar-refractivity contribution in [1.82, 2.24) is 20.6 Å². The number of thiocarbonyl (C=S) groups is 1. The van der Waals surface area contributed by atoms with Gasteiger partial charge in [-0.1, -0.05) is 0 Å². The molecule has 156 valence electrons. The summed E-state index contributed by atoms with van der Waals surface area (Å²) in [6, 6.07) is 0.876. The lowest BCUT2D eigenvalue weighted by molar-refractivity contribution is 0.381. The second kappa shape index (κ2) is 8.80. The Kier molecular flexibility index (Phi) is 6.63. The van der Waals surface area contributed by atoms with Gasteiger partial charge >= 0.3 is 0 Å². The molecule has 0 atom stereocenters. The minimum atomic E-state index is -0.00320. The number of aryl methyl sites for hydroxylation is 1. The Morgan fingerprint density at radius 3 is 2.29 bits per heavy atom. The SMILES string of the molecule is CN(C)c1nc(NC2CCC(NC(=S)NC(C)(C)C)CC2)nc2c1CCCC2. The van der Waals surface area contributed by atoms with Gasteiger partial charge in [-0.15, -0.1) is 0 Å². The summed E-state index contributed by atoms with van der Waals surface area (Å²) in [7, 11) is 4.15. The second-order valence-electron chi connectivity index (χ2n) is 9.44. The minimum Gasteiger partial charge on any atom is -0.362 e. The molecular formula is C21H36N6S. The lowest BCUT2D eigenvalue weighted by Gasteiger charge is -2.32. The molecule has 1 saturated carbocycles. The fourth-order valence-electron chi connectivity index (χ4n) is 4.14. The highest BCUT2D eigenvalue weighted by Gasteiger charge is 2.24. The normalized spacial score (nSPS) is 22.2. The number of hydrogen-bond acceptors (Lipinski definition) is 5. The molecule has 28 heavy (non-hydrogen) atoms. The highest BCUT2D eigenvalue weighted by molar-refractivity contribution is 7.80. The molecule has 1 heterocycles. The van der Waals surface area contributed by atoms with Crippen molar-refractivity contribution in [2.45, 2.75) is 89.8 Å². The molecule has 1 aromatic heterocycles. The van der Waals surface area contributed by atoms with Crippen LogP contribution in [-0.2, 0) is 12.8 Å². The largest absolute Gasteiger partial charge is 0.362 e. The molecule has 2 aliphatic rings. The molecule has 0 radical (unpaired) electrons. The summed E-state index contributed by atoms with van der Waals surface area (Å²) in [5.41, 5.74) is 2.58. The third kappa shape index (κ3) is 5.69. The topological polar surface area (TPSA) is 65.1 Å². The van der Waals surface area contributed by atoms with Gasteiger partial charge in [0.05, 0.1) is 5.69 Å². The van der Waals surface area contributed by atoms with Crippen molar-refractivity contribution < 1.29 is 0 Å². The van der Waals surface area contributed by atoms with E-state index in [0.717, 1.165) is 55.4 Å².